The van der Waals surface area contributed by atoms with Crippen LogP contribution >= 0.6 is 23.2 Å². The molecule has 15 heavy (non-hydrogen) atoms. The van der Waals surface area contributed by atoms with E-state index in [0.29, 0.717) is 28.9 Å². The Morgan fingerprint density at radius 2 is 1.93 bits per heavy atom. The minimum atomic E-state index is -0.516. The van der Waals surface area contributed by atoms with Crippen LogP contribution in [0.1, 0.15) is 0 Å². The van der Waals surface area contributed by atoms with Gasteiger partial charge in [0.05, 0.1) is 10.0 Å². The molecule has 2 unspecified atom stereocenters. The molecule has 1 heterocycles. The monoisotopic (exact) mass is 247 g/mol. The minimum Gasteiger partial charge on any atom is -0.483 e. The average Bonchev–Trinajstić information content (AvgIpc) is 2.58. The van der Waals surface area contributed by atoms with Gasteiger partial charge in [0.15, 0.2) is 5.75 Å². The number of rotatable bonds is 2. The van der Waals surface area contributed by atoms with Crippen LogP contribution in [0.5, 0.6) is 5.75 Å². The van der Waals surface area contributed by atoms with Crippen LogP contribution in [0.4, 0.5) is 0 Å². The molecular formula is C10H11Cl2NO2. The first-order valence-electron chi connectivity index (χ1n) is 4.68. The van der Waals surface area contributed by atoms with Crippen LogP contribution in [0.15, 0.2) is 18.2 Å². The van der Waals surface area contributed by atoms with E-state index in [2.05, 4.69) is 5.32 Å². The van der Waals surface area contributed by atoms with E-state index in [4.69, 9.17) is 27.9 Å². The van der Waals surface area contributed by atoms with Crippen LogP contribution < -0.4 is 10.1 Å². The van der Waals surface area contributed by atoms with Gasteiger partial charge in [-0.3, -0.25) is 0 Å². The first-order chi connectivity index (χ1) is 7.18. The molecular weight excluding hydrogens is 237 g/mol. The Labute approximate surface area is 97.9 Å². The molecule has 0 amide bonds. The third-order valence-corrected chi connectivity index (χ3v) is 2.91. The van der Waals surface area contributed by atoms with Gasteiger partial charge in [-0.25, -0.2) is 0 Å². The quantitative estimate of drug-likeness (QED) is 0.837. The number of aliphatic hydroxyl groups excluding tert-OH is 1. The zero-order valence-electron chi connectivity index (χ0n) is 7.91. The zero-order valence-corrected chi connectivity index (χ0v) is 9.42. The molecule has 0 aromatic heterocycles. The summed E-state index contributed by atoms with van der Waals surface area (Å²) in [6.07, 6.45) is -0.806. The van der Waals surface area contributed by atoms with E-state index in [0.717, 1.165) is 0 Å². The highest BCUT2D eigenvalue weighted by atomic mass is 35.5. The van der Waals surface area contributed by atoms with Crippen LogP contribution in [-0.4, -0.2) is 30.4 Å². The first-order valence-corrected chi connectivity index (χ1v) is 5.43. The highest BCUT2D eigenvalue weighted by Crippen LogP contribution is 2.33. The molecule has 2 rings (SSSR count). The number of nitrogens with one attached hydrogen (secondary N) is 1. The van der Waals surface area contributed by atoms with Gasteiger partial charge in [-0.1, -0.05) is 29.3 Å². The lowest BCUT2D eigenvalue weighted by Crippen LogP contribution is -2.30. The second-order valence-electron chi connectivity index (χ2n) is 3.43. The molecule has 2 N–H and O–H groups in total. The van der Waals surface area contributed by atoms with Crippen molar-refractivity contribution in [1.29, 1.82) is 0 Å². The van der Waals surface area contributed by atoms with Crippen molar-refractivity contribution in [3.05, 3.63) is 28.2 Å². The Balaban J connectivity index is 2.16. The summed E-state index contributed by atoms with van der Waals surface area (Å²) >= 11 is 11.9. The molecule has 0 saturated carbocycles. The fraction of sp³-hybridized carbons (Fsp3) is 0.400. The predicted octanol–water partition coefficient (Wildman–Crippen LogP) is 1.70. The van der Waals surface area contributed by atoms with Gasteiger partial charge < -0.3 is 15.2 Å². The van der Waals surface area contributed by atoms with Gasteiger partial charge in [0, 0.05) is 13.1 Å². The van der Waals surface area contributed by atoms with E-state index >= 15 is 0 Å². The molecule has 3 nitrogen and oxygen atoms in total. The second-order valence-corrected chi connectivity index (χ2v) is 4.25. The normalized spacial score (nSPS) is 25.5. The topological polar surface area (TPSA) is 41.5 Å². The van der Waals surface area contributed by atoms with Gasteiger partial charge in [-0.15, -0.1) is 0 Å². The maximum absolute atomic E-state index is 9.56. The van der Waals surface area contributed by atoms with Crippen molar-refractivity contribution >= 4 is 23.2 Å². The Bertz CT molecular complexity index is 339. The fourth-order valence-electron chi connectivity index (χ4n) is 1.51. The molecule has 0 radical (unpaired) electrons. The summed E-state index contributed by atoms with van der Waals surface area (Å²) < 4.78 is 5.57. The van der Waals surface area contributed by atoms with Gasteiger partial charge in [-0.2, -0.15) is 0 Å². The number of aliphatic hydroxyl groups is 1. The van der Waals surface area contributed by atoms with Crippen molar-refractivity contribution in [1.82, 2.24) is 5.32 Å². The lowest BCUT2D eigenvalue weighted by Gasteiger charge is -2.17. The van der Waals surface area contributed by atoms with Crippen molar-refractivity contribution < 1.29 is 9.84 Å². The number of halogens is 2. The molecule has 82 valence electrons. The first kappa shape index (κ1) is 11.0. The van der Waals surface area contributed by atoms with Crippen molar-refractivity contribution in [3.63, 3.8) is 0 Å². The summed E-state index contributed by atoms with van der Waals surface area (Å²) in [7, 11) is 0. The predicted molar refractivity (Wildman–Crippen MR) is 59.8 cm³/mol. The zero-order chi connectivity index (χ0) is 10.8. The summed E-state index contributed by atoms with van der Waals surface area (Å²) in [4.78, 5) is 0. The molecule has 1 aliphatic heterocycles. The van der Waals surface area contributed by atoms with E-state index in [1.807, 2.05) is 0 Å². The Morgan fingerprint density at radius 1 is 1.27 bits per heavy atom. The second kappa shape index (κ2) is 4.58. The van der Waals surface area contributed by atoms with Gasteiger partial charge in [0.1, 0.15) is 12.2 Å². The summed E-state index contributed by atoms with van der Waals surface area (Å²) in [5.41, 5.74) is 0. The molecule has 0 bridgehead atoms. The summed E-state index contributed by atoms with van der Waals surface area (Å²) in [5, 5.41) is 13.5. The smallest absolute Gasteiger partial charge is 0.157 e. The maximum Gasteiger partial charge on any atom is 0.157 e. The number of ether oxygens (including phenoxy) is 1. The van der Waals surface area contributed by atoms with E-state index in [1.54, 1.807) is 18.2 Å². The van der Waals surface area contributed by atoms with Gasteiger partial charge in [0.25, 0.3) is 0 Å². The molecule has 0 aliphatic carbocycles. The van der Waals surface area contributed by atoms with Crippen molar-refractivity contribution in [2.45, 2.75) is 12.2 Å². The number of hydrogen-bond acceptors (Lipinski definition) is 3. The SMILES string of the molecule is OC1CNCC1Oc1c(Cl)cccc1Cl. The Morgan fingerprint density at radius 3 is 2.47 bits per heavy atom. The largest absolute Gasteiger partial charge is 0.483 e. The number of β-amino-alcohol motifs (C(OH)–C–C–N with tert-alkyl or cyclic N) is 1. The summed E-state index contributed by atoms with van der Waals surface area (Å²) in [6, 6.07) is 5.16. The lowest BCUT2D eigenvalue weighted by atomic mass is 10.2. The van der Waals surface area contributed by atoms with Crippen molar-refractivity contribution in [3.8, 4) is 5.75 Å². The minimum absolute atomic E-state index is 0.289. The third-order valence-electron chi connectivity index (χ3n) is 2.32. The molecule has 5 heteroatoms. The van der Waals surface area contributed by atoms with Gasteiger partial charge in [-0.05, 0) is 12.1 Å². The number of para-hydroxylation sites is 1. The van der Waals surface area contributed by atoms with Crippen LogP contribution in [0.3, 0.4) is 0 Å². The van der Waals surface area contributed by atoms with Crippen LogP contribution in [-0.2, 0) is 0 Å². The standard InChI is InChI=1S/C10H11Cl2NO2/c11-6-2-1-3-7(12)10(6)15-9-5-13-4-8(9)14/h1-3,8-9,13-14H,4-5H2. The van der Waals surface area contributed by atoms with Crippen molar-refractivity contribution in [2.75, 3.05) is 13.1 Å². The van der Waals surface area contributed by atoms with Gasteiger partial charge in [0.2, 0.25) is 0 Å². The summed E-state index contributed by atoms with van der Waals surface area (Å²) in [5.74, 6) is 0.439. The van der Waals surface area contributed by atoms with Crippen LogP contribution in [0, 0.1) is 0 Å². The van der Waals surface area contributed by atoms with Crippen molar-refractivity contribution in [2.24, 2.45) is 0 Å². The van der Waals surface area contributed by atoms with E-state index in [-0.39, 0.29) is 6.10 Å². The lowest BCUT2D eigenvalue weighted by molar-refractivity contribution is 0.0739. The summed E-state index contributed by atoms with van der Waals surface area (Å²) in [6.45, 7) is 1.13. The highest BCUT2D eigenvalue weighted by Gasteiger charge is 2.27. The average molecular weight is 248 g/mol. The molecule has 1 aromatic carbocycles. The van der Waals surface area contributed by atoms with Gasteiger partial charge >= 0.3 is 0 Å². The van der Waals surface area contributed by atoms with Crippen LogP contribution in [0.2, 0.25) is 10.0 Å². The molecule has 1 fully saturated rings. The number of hydrogen-bond donors (Lipinski definition) is 2. The molecule has 1 saturated heterocycles. The Hall–Kier alpha value is -0.480. The molecule has 2 atom stereocenters. The van der Waals surface area contributed by atoms with E-state index in [1.165, 1.54) is 0 Å². The molecule has 0 spiro atoms. The van der Waals surface area contributed by atoms with Crippen LogP contribution in [0.25, 0.3) is 0 Å². The molecule has 1 aliphatic rings. The number of benzene rings is 1. The maximum atomic E-state index is 9.56. The van der Waals surface area contributed by atoms with E-state index in [9.17, 15) is 5.11 Å². The fourth-order valence-corrected chi connectivity index (χ4v) is 1.99. The third kappa shape index (κ3) is 2.37. The highest BCUT2D eigenvalue weighted by molar-refractivity contribution is 6.37. The van der Waals surface area contributed by atoms with E-state index < -0.39 is 6.10 Å². The Kier molecular flexibility index (Phi) is 3.36. The molecule has 1 aromatic rings.